The Labute approximate surface area is 217 Å². The molecule has 9 nitrogen and oxygen atoms in total. The molecule has 0 bridgehead atoms. The molecule has 1 saturated heterocycles. The maximum Gasteiger partial charge on any atom is 0.337 e. The number of amides is 3. The minimum atomic E-state index is -0.608. The van der Waals surface area contributed by atoms with Crippen LogP contribution in [0.15, 0.2) is 53.4 Å². The van der Waals surface area contributed by atoms with Crippen molar-refractivity contribution in [2.24, 2.45) is 0 Å². The lowest BCUT2D eigenvalue weighted by molar-refractivity contribution is -0.123. The number of thiocarbonyl (C=S) groups is 1. The number of phenols is 1. The maximum absolute atomic E-state index is 12.8. The Morgan fingerprint density at radius 1 is 1.06 bits per heavy atom. The van der Waals surface area contributed by atoms with E-state index in [0.717, 1.165) is 5.56 Å². The van der Waals surface area contributed by atoms with E-state index in [9.17, 15) is 24.3 Å². The normalized spacial score (nSPS) is 14.1. The number of aromatic hydroxyl groups is 1. The molecule has 0 radical (unpaired) electrons. The Morgan fingerprint density at radius 3 is 2.47 bits per heavy atom. The molecule has 188 valence electrons. The van der Waals surface area contributed by atoms with Gasteiger partial charge in [-0.15, -0.1) is 0 Å². The summed E-state index contributed by atoms with van der Waals surface area (Å²) in [6.07, 6.45) is 3.83. The van der Waals surface area contributed by atoms with Gasteiger partial charge >= 0.3 is 5.97 Å². The van der Waals surface area contributed by atoms with Gasteiger partial charge in [-0.05, 0) is 48.7 Å². The van der Waals surface area contributed by atoms with Crippen molar-refractivity contribution < 1.29 is 29.0 Å². The van der Waals surface area contributed by atoms with Crippen molar-refractivity contribution >= 4 is 58.1 Å². The molecular weight excluding hydrogens is 502 g/mol. The van der Waals surface area contributed by atoms with Crippen molar-refractivity contribution in [2.75, 3.05) is 13.7 Å². The Morgan fingerprint density at radius 2 is 1.78 bits per heavy atom. The van der Waals surface area contributed by atoms with Gasteiger partial charge < -0.3 is 9.84 Å². The zero-order valence-electron chi connectivity index (χ0n) is 19.5. The van der Waals surface area contributed by atoms with Gasteiger partial charge in [-0.1, -0.05) is 54.7 Å². The predicted octanol–water partition coefficient (Wildman–Crippen LogP) is 3.40. The van der Waals surface area contributed by atoms with Gasteiger partial charge in [0.1, 0.15) is 10.1 Å². The monoisotopic (exact) mass is 527 g/mol. The fourth-order valence-corrected chi connectivity index (χ4v) is 4.64. The zero-order chi connectivity index (χ0) is 26.1. The van der Waals surface area contributed by atoms with Crippen LogP contribution in [0.2, 0.25) is 0 Å². The summed E-state index contributed by atoms with van der Waals surface area (Å²) < 4.78 is 5.16. The van der Waals surface area contributed by atoms with Gasteiger partial charge in [0, 0.05) is 13.0 Å². The Balaban J connectivity index is 1.39. The number of carbonyl (C=O) groups excluding carboxylic acids is 4. The third kappa shape index (κ3) is 7.15. The van der Waals surface area contributed by atoms with Gasteiger partial charge in [0.25, 0.3) is 11.8 Å². The lowest BCUT2D eigenvalue weighted by atomic mass is 10.1. The molecule has 3 N–H and O–H groups in total. The zero-order valence-corrected chi connectivity index (χ0v) is 21.1. The molecule has 0 spiro atoms. The van der Waals surface area contributed by atoms with Crippen molar-refractivity contribution in [3.8, 4) is 5.75 Å². The Hall–Kier alpha value is -3.70. The van der Waals surface area contributed by atoms with E-state index in [1.165, 1.54) is 31.0 Å². The highest BCUT2D eigenvalue weighted by Crippen LogP contribution is 2.32. The number of hydrogen-bond donors (Lipinski definition) is 3. The summed E-state index contributed by atoms with van der Waals surface area (Å²) in [7, 11) is 1.32. The number of carbonyl (C=O) groups is 4. The van der Waals surface area contributed by atoms with E-state index in [1.54, 1.807) is 47.4 Å². The molecule has 0 aliphatic carbocycles. The SMILES string of the molecule is COC(=O)c1ccc(C=C2SC(=S)N(CCCCCC(=O)NNC(=O)c3ccccc3O)C2=O)cc1. The molecule has 1 aliphatic rings. The summed E-state index contributed by atoms with van der Waals surface area (Å²) in [5, 5.41) is 9.67. The van der Waals surface area contributed by atoms with E-state index in [2.05, 4.69) is 15.6 Å². The number of ether oxygens (including phenoxy) is 1. The van der Waals surface area contributed by atoms with E-state index >= 15 is 0 Å². The average molecular weight is 528 g/mol. The number of hydrazine groups is 1. The number of nitrogens with one attached hydrogen (secondary N) is 2. The smallest absolute Gasteiger partial charge is 0.337 e. The minimum Gasteiger partial charge on any atom is -0.507 e. The molecule has 0 atom stereocenters. The number of phenolic OH excluding ortho intramolecular Hbond substituents is 1. The van der Waals surface area contributed by atoms with Gasteiger partial charge in [0.2, 0.25) is 5.91 Å². The molecule has 1 heterocycles. The first-order chi connectivity index (χ1) is 17.3. The van der Waals surface area contributed by atoms with E-state index in [1.807, 2.05) is 0 Å². The van der Waals surface area contributed by atoms with Crippen LogP contribution in [0.25, 0.3) is 6.08 Å². The third-order valence-corrected chi connectivity index (χ3v) is 6.63. The molecule has 36 heavy (non-hydrogen) atoms. The number of rotatable bonds is 9. The number of hydrogen-bond acceptors (Lipinski definition) is 8. The van der Waals surface area contributed by atoms with Crippen molar-refractivity contribution in [1.29, 1.82) is 0 Å². The van der Waals surface area contributed by atoms with E-state index < -0.39 is 11.9 Å². The van der Waals surface area contributed by atoms with Crippen molar-refractivity contribution in [1.82, 2.24) is 15.8 Å². The average Bonchev–Trinajstić information content (AvgIpc) is 3.14. The lowest BCUT2D eigenvalue weighted by Gasteiger charge is -2.14. The molecule has 2 aromatic rings. The summed E-state index contributed by atoms with van der Waals surface area (Å²) in [5.74, 6) is -1.74. The van der Waals surface area contributed by atoms with Crippen LogP contribution in [0.1, 0.15) is 52.0 Å². The summed E-state index contributed by atoms with van der Waals surface area (Å²) in [5.41, 5.74) is 5.85. The Bertz CT molecular complexity index is 1200. The second kappa shape index (κ2) is 12.8. The first-order valence-electron chi connectivity index (χ1n) is 11.1. The molecule has 11 heteroatoms. The number of thioether (sulfide) groups is 1. The highest BCUT2D eigenvalue weighted by atomic mass is 32.2. The maximum atomic E-state index is 12.8. The lowest BCUT2D eigenvalue weighted by Crippen LogP contribution is -2.41. The standard InChI is InChI=1S/C25H25N3O6S2/c1-34-24(33)17-12-10-16(11-13-17)15-20-23(32)28(25(35)36-20)14-6-2-3-9-21(30)26-27-22(31)18-7-4-5-8-19(18)29/h4-5,7-8,10-13,15,29H,2-3,6,9,14H2,1H3,(H,26,30)(H,27,31). The van der Waals surface area contributed by atoms with Crippen molar-refractivity contribution in [3.63, 3.8) is 0 Å². The fourth-order valence-electron chi connectivity index (χ4n) is 3.33. The first kappa shape index (κ1) is 26.9. The fraction of sp³-hybridized carbons (Fsp3) is 0.240. The van der Waals surface area contributed by atoms with Crippen LogP contribution in [0.3, 0.4) is 0 Å². The largest absolute Gasteiger partial charge is 0.507 e. The van der Waals surface area contributed by atoms with Crippen molar-refractivity contribution in [3.05, 3.63) is 70.1 Å². The van der Waals surface area contributed by atoms with Gasteiger partial charge in [-0.2, -0.15) is 0 Å². The van der Waals surface area contributed by atoms with E-state index in [0.29, 0.717) is 40.6 Å². The number of methoxy groups -OCH3 is 1. The van der Waals surface area contributed by atoms with Crippen LogP contribution in [0.5, 0.6) is 5.75 Å². The highest BCUT2D eigenvalue weighted by Gasteiger charge is 2.31. The molecule has 2 aromatic carbocycles. The van der Waals surface area contributed by atoms with E-state index in [-0.39, 0.29) is 29.5 Å². The van der Waals surface area contributed by atoms with Crippen LogP contribution in [0, 0.1) is 0 Å². The van der Waals surface area contributed by atoms with Crippen LogP contribution in [-0.4, -0.2) is 51.7 Å². The van der Waals surface area contributed by atoms with Crippen LogP contribution < -0.4 is 10.9 Å². The van der Waals surface area contributed by atoms with Gasteiger partial charge in [-0.25, -0.2) is 4.79 Å². The number of esters is 1. The molecule has 3 amide bonds. The van der Waals surface area contributed by atoms with Crippen LogP contribution >= 0.6 is 24.0 Å². The number of benzene rings is 2. The molecule has 3 rings (SSSR count). The third-order valence-electron chi connectivity index (χ3n) is 5.25. The predicted molar refractivity (Wildman–Crippen MR) is 140 cm³/mol. The van der Waals surface area contributed by atoms with Crippen LogP contribution in [-0.2, 0) is 14.3 Å². The second-order valence-electron chi connectivity index (χ2n) is 7.78. The molecule has 0 saturated carbocycles. The first-order valence-corrected chi connectivity index (χ1v) is 12.3. The summed E-state index contributed by atoms with van der Waals surface area (Å²) in [4.78, 5) is 50.3. The second-order valence-corrected chi connectivity index (χ2v) is 9.45. The summed E-state index contributed by atoms with van der Waals surface area (Å²) in [6, 6.07) is 12.7. The Kier molecular flexibility index (Phi) is 9.60. The number of unbranched alkanes of at least 4 members (excludes halogenated alkanes) is 2. The van der Waals surface area contributed by atoms with Gasteiger partial charge in [-0.3, -0.25) is 30.1 Å². The molecule has 0 unspecified atom stereocenters. The van der Waals surface area contributed by atoms with Crippen LogP contribution in [0.4, 0.5) is 0 Å². The quantitative estimate of drug-likeness (QED) is 0.149. The van der Waals surface area contributed by atoms with Crippen molar-refractivity contribution in [2.45, 2.75) is 25.7 Å². The highest BCUT2D eigenvalue weighted by molar-refractivity contribution is 8.26. The van der Waals surface area contributed by atoms with Gasteiger partial charge in [0.05, 0.1) is 23.1 Å². The molecule has 0 aromatic heterocycles. The summed E-state index contributed by atoms with van der Waals surface area (Å²) >= 11 is 6.58. The summed E-state index contributed by atoms with van der Waals surface area (Å²) in [6.45, 7) is 0.439. The molecule has 1 aliphatic heterocycles. The number of para-hydroxylation sites is 1. The minimum absolute atomic E-state index is 0.0635. The van der Waals surface area contributed by atoms with Gasteiger partial charge in [0.15, 0.2) is 0 Å². The molecular formula is C25H25N3O6S2. The number of nitrogens with zero attached hydrogens (tertiary/aromatic N) is 1. The van der Waals surface area contributed by atoms with E-state index in [4.69, 9.17) is 12.2 Å². The molecule has 1 fully saturated rings. The topological polar surface area (TPSA) is 125 Å².